The van der Waals surface area contributed by atoms with E-state index in [2.05, 4.69) is 33.7 Å². The van der Waals surface area contributed by atoms with Crippen LogP contribution in [0, 0.1) is 11.8 Å². The number of aromatic nitrogens is 4. The number of fused-ring (bicyclic) bond motifs is 1. The van der Waals surface area contributed by atoms with E-state index in [0.717, 1.165) is 25.7 Å². The first-order valence-corrected chi connectivity index (χ1v) is 10.7. The van der Waals surface area contributed by atoms with Gasteiger partial charge in [0.1, 0.15) is 11.6 Å². The van der Waals surface area contributed by atoms with Crippen molar-refractivity contribution in [3.05, 3.63) is 29.4 Å². The minimum atomic E-state index is -0.620. The van der Waals surface area contributed by atoms with Crippen molar-refractivity contribution >= 4 is 28.7 Å². The third kappa shape index (κ3) is 4.58. The standard InChI is InChI=1S/C22H23ClN4O4/c1-3-4-5-6-7-10-17-24-19(23)18-21(25-17)27(20(26-18)15-9-8-12-29-15)22-16(11-13-30-22)31-14(2)28/h8-9,12,16,22H,3-6,11,13H2,1-2H3. The lowest BCUT2D eigenvalue weighted by Gasteiger charge is -2.21. The van der Waals surface area contributed by atoms with Gasteiger partial charge in [-0.1, -0.05) is 37.3 Å². The summed E-state index contributed by atoms with van der Waals surface area (Å²) in [5.74, 6) is 7.01. The van der Waals surface area contributed by atoms with Crippen molar-refractivity contribution in [1.82, 2.24) is 19.5 Å². The van der Waals surface area contributed by atoms with Crippen molar-refractivity contribution < 1.29 is 18.7 Å². The van der Waals surface area contributed by atoms with Crippen LogP contribution in [0.5, 0.6) is 0 Å². The highest BCUT2D eigenvalue weighted by atomic mass is 35.5. The van der Waals surface area contributed by atoms with E-state index in [1.165, 1.54) is 6.92 Å². The van der Waals surface area contributed by atoms with Gasteiger partial charge >= 0.3 is 5.97 Å². The third-order valence-electron chi connectivity index (χ3n) is 4.93. The van der Waals surface area contributed by atoms with E-state index in [9.17, 15) is 4.79 Å². The van der Waals surface area contributed by atoms with Gasteiger partial charge in [-0.3, -0.25) is 9.36 Å². The van der Waals surface area contributed by atoms with Crippen LogP contribution in [-0.4, -0.2) is 38.2 Å². The Morgan fingerprint density at radius 3 is 2.97 bits per heavy atom. The van der Waals surface area contributed by atoms with Gasteiger partial charge in [-0.25, -0.2) is 15.0 Å². The summed E-state index contributed by atoms with van der Waals surface area (Å²) >= 11 is 6.45. The maximum atomic E-state index is 11.6. The van der Waals surface area contributed by atoms with Gasteiger partial charge in [0.15, 0.2) is 28.6 Å². The summed E-state index contributed by atoms with van der Waals surface area (Å²) in [7, 11) is 0. The Hall–Kier alpha value is -2.89. The second-order valence-electron chi connectivity index (χ2n) is 7.25. The summed E-state index contributed by atoms with van der Waals surface area (Å²) in [4.78, 5) is 25.1. The smallest absolute Gasteiger partial charge is 0.303 e. The highest BCUT2D eigenvalue weighted by molar-refractivity contribution is 6.33. The molecule has 1 aliphatic rings. The molecule has 1 saturated heterocycles. The molecule has 0 saturated carbocycles. The SMILES string of the molecule is CCCCCC#Cc1nc(Cl)c2nc(-c3ccco3)n(C3OCCC3OC(C)=O)c2n1. The minimum absolute atomic E-state index is 0.191. The van der Waals surface area contributed by atoms with Gasteiger partial charge in [-0.2, -0.15) is 0 Å². The monoisotopic (exact) mass is 442 g/mol. The van der Waals surface area contributed by atoms with Gasteiger partial charge in [0.05, 0.1) is 12.9 Å². The van der Waals surface area contributed by atoms with E-state index in [1.807, 2.05) is 0 Å². The Morgan fingerprint density at radius 2 is 2.23 bits per heavy atom. The molecule has 162 valence electrons. The highest BCUT2D eigenvalue weighted by Gasteiger charge is 2.36. The largest absolute Gasteiger partial charge is 0.461 e. The van der Waals surface area contributed by atoms with Crippen molar-refractivity contribution in [1.29, 1.82) is 0 Å². The molecule has 4 heterocycles. The molecular weight excluding hydrogens is 420 g/mol. The molecular formula is C22H23ClN4O4. The zero-order chi connectivity index (χ0) is 21.8. The zero-order valence-electron chi connectivity index (χ0n) is 17.4. The molecule has 0 spiro atoms. The highest BCUT2D eigenvalue weighted by Crippen LogP contribution is 2.36. The molecule has 3 aromatic rings. The Labute approximate surface area is 184 Å². The van der Waals surface area contributed by atoms with Gasteiger partial charge in [-0.05, 0) is 24.5 Å². The second kappa shape index (κ2) is 9.50. The van der Waals surface area contributed by atoms with E-state index < -0.39 is 12.3 Å². The molecule has 0 aliphatic carbocycles. The van der Waals surface area contributed by atoms with Crippen LogP contribution in [0.4, 0.5) is 0 Å². The van der Waals surface area contributed by atoms with E-state index in [4.69, 9.17) is 25.5 Å². The minimum Gasteiger partial charge on any atom is -0.461 e. The topological polar surface area (TPSA) is 92.3 Å². The average molecular weight is 443 g/mol. The van der Waals surface area contributed by atoms with E-state index in [0.29, 0.717) is 41.6 Å². The number of hydrogen-bond donors (Lipinski definition) is 0. The van der Waals surface area contributed by atoms with Gasteiger partial charge in [0, 0.05) is 19.8 Å². The van der Waals surface area contributed by atoms with Crippen molar-refractivity contribution in [2.75, 3.05) is 6.61 Å². The summed E-state index contributed by atoms with van der Waals surface area (Å²) in [5.41, 5.74) is 0.856. The van der Waals surface area contributed by atoms with Gasteiger partial charge in [0.2, 0.25) is 5.82 Å². The molecule has 9 heteroatoms. The third-order valence-corrected chi connectivity index (χ3v) is 5.19. The lowest BCUT2D eigenvalue weighted by atomic mass is 10.2. The Kier molecular flexibility index (Phi) is 6.54. The van der Waals surface area contributed by atoms with Crippen LogP contribution in [0.3, 0.4) is 0 Å². The number of imidazole rings is 1. The molecule has 1 fully saturated rings. The van der Waals surface area contributed by atoms with Gasteiger partial charge < -0.3 is 13.9 Å². The summed E-state index contributed by atoms with van der Waals surface area (Å²) in [6.45, 7) is 3.96. The Bertz CT molecular complexity index is 1130. The molecule has 1 aliphatic heterocycles. The number of carbonyl (C=O) groups is 1. The number of unbranched alkanes of at least 4 members (excludes halogenated alkanes) is 3. The second-order valence-corrected chi connectivity index (χ2v) is 7.61. The van der Waals surface area contributed by atoms with Crippen LogP contribution in [-0.2, 0) is 14.3 Å². The lowest BCUT2D eigenvalue weighted by molar-refractivity contribution is -0.151. The average Bonchev–Trinajstić information content (AvgIpc) is 3.46. The number of halogens is 1. The fourth-order valence-corrected chi connectivity index (χ4v) is 3.75. The molecule has 0 amide bonds. The molecule has 2 unspecified atom stereocenters. The van der Waals surface area contributed by atoms with Crippen molar-refractivity contribution in [3.8, 4) is 23.4 Å². The number of furan rings is 1. The first-order chi connectivity index (χ1) is 15.1. The fraction of sp³-hybridized carbons (Fsp3) is 0.455. The molecule has 4 rings (SSSR count). The zero-order valence-corrected chi connectivity index (χ0v) is 18.2. The molecule has 8 nitrogen and oxygen atoms in total. The molecule has 0 radical (unpaired) electrons. The number of rotatable bonds is 6. The normalized spacial score (nSPS) is 18.2. The molecule has 0 N–H and O–H groups in total. The fourth-order valence-electron chi connectivity index (χ4n) is 3.55. The summed E-state index contributed by atoms with van der Waals surface area (Å²) in [6.07, 6.45) is 5.07. The van der Waals surface area contributed by atoms with Gasteiger partial charge in [0.25, 0.3) is 0 Å². The quantitative estimate of drug-likeness (QED) is 0.240. The van der Waals surface area contributed by atoms with E-state index >= 15 is 0 Å². The predicted molar refractivity (Wildman–Crippen MR) is 114 cm³/mol. The van der Waals surface area contributed by atoms with Crippen LogP contribution >= 0.6 is 11.6 Å². The summed E-state index contributed by atoms with van der Waals surface area (Å²) in [5, 5.41) is 0.191. The maximum Gasteiger partial charge on any atom is 0.303 e. The molecule has 0 bridgehead atoms. The molecule has 2 atom stereocenters. The predicted octanol–water partition coefficient (Wildman–Crippen LogP) is 4.52. The number of carbonyl (C=O) groups excluding carboxylic acids is 1. The van der Waals surface area contributed by atoms with Crippen LogP contribution in [0.15, 0.2) is 22.8 Å². The summed E-state index contributed by atoms with van der Waals surface area (Å²) < 4.78 is 18.7. The molecule has 3 aromatic heterocycles. The van der Waals surface area contributed by atoms with Crippen molar-refractivity contribution in [2.45, 2.75) is 58.3 Å². The van der Waals surface area contributed by atoms with E-state index in [1.54, 1.807) is 23.0 Å². The van der Waals surface area contributed by atoms with Crippen LogP contribution in [0.1, 0.15) is 58.0 Å². The van der Waals surface area contributed by atoms with Crippen molar-refractivity contribution in [3.63, 3.8) is 0 Å². The Balaban J connectivity index is 1.81. The van der Waals surface area contributed by atoms with Crippen LogP contribution in [0.2, 0.25) is 5.15 Å². The Morgan fingerprint density at radius 1 is 1.35 bits per heavy atom. The lowest BCUT2D eigenvalue weighted by Crippen LogP contribution is -2.25. The van der Waals surface area contributed by atoms with Crippen molar-refractivity contribution in [2.24, 2.45) is 0 Å². The molecule has 0 aromatic carbocycles. The first-order valence-electron chi connectivity index (χ1n) is 10.4. The van der Waals surface area contributed by atoms with E-state index in [-0.39, 0.29) is 11.1 Å². The number of ether oxygens (including phenoxy) is 2. The number of hydrogen-bond acceptors (Lipinski definition) is 7. The first kappa shape index (κ1) is 21.3. The number of nitrogens with zero attached hydrogens (tertiary/aromatic N) is 4. The van der Waals surface area contributed by atoms with Crippen LogP contribution in [0.25, 0.3) is 22.7 Å². The number of esters is 1. The van der Waals surface area contributed by atoms with Crippen LogP contribution < -0.4 is 0 Å². The van der Waals surface area contributed by atoms with Gasteiger partial charge in [-0.15, -0.1) is 0 Å². The maximum absolute atomic E-state index is 11.6. The molecule has 31 heavy (non-hydrogen) atoms. The summed E-state index contributed by atoms with van der Waals surface area (Å²) in [6, 6.07) is 3.54.